The number of hydrogen-bond acceptors (Lipinski definition) is 5. The lowest BCUT2D eigenvalue weighted by molar-refractivity contribution is 0.0951. The first kappa shape index (κ1) is 14.5. The zero-order valence-corrected chi connectivity index (χ0v) is 12.4. The number of pyridine rings is 1. The van der Waals surface area contributed by atoms with Crippen molar-refractivity contribution in [3.8, 4) is 0 Å². The monoisotopic (exact) mass is 290 g/mol. The lowest BCUT2D eigenvalue weighted by atomic mass is 10.2. The topological polar surface area (TPSA) is 80.0 Å². The van der Waals surface area contributed by atoms with E-state index in [0.29, 0.717) is 17.9 Å². The Balaban J connectivity index is 2.07. The summed E-state index contributed by atoms with van der Waals surface area (Å²) in [6.45, 7) is 4.48. The Labute approximate surface area is 122 Å². The van der Waals surface area contributed by atoms with Crippen molar-refractivity contribution in [3.05, 3.63) is 45.3 Å². The summed E-state index contributed by atoms with van der Waals surface area (Å²) in [6, 6.07) is 5.47. The van der Waals surface area contributed by atoms with Gasteiger partial charge in [0.25, 0.3) is 5.91 Å². The van der Waals surface area contributed by atoms with Crippen molar-refractivity contribution < 1.29 is 4.79 Å². The van der Waals surface area contributed by atoms with Crippen LogP contribution in [-0.2, 0) is 13.0 Å². The molecule has 1 amide bonds. The van der Waals surface area contributed by atoms with Gasteiger partial charge in [-0.1, -0.05) is 6.92 Å². The molecule has 6 heteroatoms. The van der Waals surface area contributed by atoms with Crippen molar-refractivity contribution in [2.75, 3.05) is 5.43 Å². The minimum Gasteiger partial charge on any atom is -0.347 e. The largest absolute Gasteiger partial charge is 0.347 e. The third-order valence-corrected chi connectivity index (χ3v) is 3.95. The number of aryl methyl sites for hydroxylation is 2. The Morgan fingerprint density at radius 2 is 2.25 bits per heavy atom. The normalized spacial score (nSPS) is 10.3. The molecule has 0 aliphatic carbocycles. The van der Waals surface area contributed by atoms with E-state index in [4.69, 9.17) is 5.84 Å². The van der Waals surface area contributed by atoms with Crippen LogP contribution in [0.15, 0.2) is 23.6 Å². The van der Waals surface area contributed by atoms with Gasteiger partial charge in [-0.05, 0) is 42.5 Å². The first-order valence-electron chi connectivity index (χ1n) is 6.42. The summed E-state index contributed by atoms with van der Waals surface area (Å²) in [5, 5.41) is 4.98. The molecule has 0 unspecified atom stereocenters. The SMILES string of the molecule is CCc1ccsc1CNC(=O)c1cc(C)nc(NN)c1. The van der Waals surface area contributed by atoms with E-state index < -0.39 is 0 Å². The van der Waals surface area contributed by atoms with Gasteiger partial charge >= 0.3 is 0 Å². The molecule has 0 fully saturated rings. The van der Waals surface area contributed by atoms with Crippen LogP contribution in [0.4, 0.5) is 5.82 Å². The number of anilines is 1. The highest BCUT2D eigenvalue weighted by atomic mass is 32.1. The summed E-state index contributed by atoms with van der Waals surface area (Å²) >= 11 is 1.66. The number of carbonyl (C=O) groups is 1. The first-order chi connectivity index (χ1) is 9.63. The van der Waals surface area contributed by atoms with Crippen LogP contribution < -0.4 is 16.6 Å². The number of carbonyl (C=O) groups excluding carboxylic acids is 1. The van der Waals surface area contributed by atoms with E-state index in [-0.39, 0.29) is 5.91 Å². The van der Waals surface area contributed by atoms with Crippen LogP contribution in [-0.4, -0.2) is 10.9 Å². The van der Waals surface area contributed by atoms with Crippen LogP contribution >= 0.6 is 11.3 Å². The molecule has 2 aromatic heterocycles. The summed E-state index contributed by atoms with van der Waals surface area (Å²) < 4.78 is 0. The number of amides is 1. The third kappa shape index (κ3) is 3.34. The quantitative estimate of drug-likeness (QED) is 0.583. The fraction of sp³-hybridized carbons (Fsp3) is 0.286. The molecule has 106 valence electrons. The van der Waals surface area contributed by atoms with Crippen LogP contribution in [0.1, 0.15) is 33.4 Å². The van der Waals surface area contributed by atoms with E-state index in [0.717, 1.165) is 12.1 Å². The number of thiophene rings is 1. The van der Waals surface area contributed by atoms with Gasteiger partial charge in [-0.2, -0.15) is 0 Å². The number of hydrogen-bond donors (Lipinski definition) is 3. The second-order valence-corrected chi connectivity index (χ2v) is 5.43. The lowest BCUT2D eigenvalue weighted by Crippen LogP contribution is -2.23. The number of nitrogens with zero attached hydrogens (tertiary/aromatic N) is 1. The van der Waals surface area contributed by atoms with Crippen LogP contribution in [0.2, 0.25) is 0 Å². The van der Waals surface area contributed by atoms with Crippen molar-refractivity contribution in [1.82, 2.24) is 10.3 Å². The average Bonchev–Trinajstić information content (AvgIpc) is 2.91. The number of nitrogens with two attached hydrogens (primary N) is 1. The lowest BCUT2D eigenvalue weighted by Gasteiger charge is -2.08. The Morgan fingerprint density at radius 3 is 2.95 bits per heavy atom. The van der Waals surface area contributed by atoms with Crippen molar-refractivity contribution >= 4 is 23.1 Å². The summed E-state index contributed by atoms with van der Waals surface area (Å²) in [6.07, 6.45) is 0.976. The number of nitrogen functional groups attached to an aromatic ring is 1. The van der Waals surface area contributed by atoms with Crippen LogP contribution in [0.3, 0.4) is 0 Å². The van der Waals surface area contributed by atoms with Gasteiger partial charge in [-0.15, -0.1) is 11.3 Å². The average molecular weight is 290 g/mol. The van der Waals surface area contributed by atoms with E-state index in [1.807, 2.05) is 12.3 Å². The van der Waals surface area contributed by atoms with Gasteiger partial charge in [0.15, 0.2) is 0 Å². The number of rotatable bonds is 5. The molecule has 5 nitrogen and oxygen atoms in total. The second-order valence-electron chi connectivity index (χ2n) is 4.43. The van der Waals surface area contributed by atoms with Crippen molar-refractivity contribution in [1.29, 1.82) is 0 Å². The van der Waals surface area contributed by atoms with Crippen molar-refractivity contribution in [2.24, 2.45) is 5.84 Å². The maximum Gasteiger partial charge on any atom is 0.251 e. The molecule has 0 radical (unpaired) electrons. The smallest absolute Gasteiger partial charge is 0.251 e. The highest BCUT2D eigenvalue weighted by Crippen LogP contribution is 2.17. The molecule has 0 saturated heterocycles. The molecule has 0 aliphatic heterocycles. The number of hydrazine groups is 1. The van der Waals surface area contributed by atoms with Crippen molar-refractivity contribution in [2.45, 2.75) is 26.8 Å². The van der Waals surface area contributed by atoms with Crippen molar-refractivity contribution in [3.63, 3.8) is 0 Å². The minimum absolute atomic E-state index is 0.123. The number of aromatic nitrogens is 1. The molecular formula is C14H18N4OS. The molecule has 2 heterocycles. The Morgan fingerprint density at radius 1 is 1.45 bits per heavy atom. The summed E-state index contributed by atoms with van der Waals surface area (Å²) in [5.41, 5.74) is 5.05. The molecule has 4 N–H and O–H groups in total. The molecule has 0 spiro atoms. The fourth-order valence-electron chi connectivity index (χ4n) is 1.97. The zero-order valence-electron chi connectivity index (χ0n) is 11.6. The van der Waals surface area contributed by atoms with E-state index in [9.17, 15) is 4.79 Å². The van der Waals surface area contributed by atoms with Gasteiger partial charge in [0, 0.05) is 16.1 Å². The van der Waals surface area contributed by atoms with Crippen LogP contribution in [0, 0.1) is 6.92 Å². The zero-order chi connectivity index (χ0) is 14.5. The highest BCUT2D eigenvalue weighted by Gasteiger charge is 2.09. The minimum atomic E-state index is -0.123. The maximum atomic E-state index is 12.2. The predicted molar refractivity (Wildman–Crippen MR) is 81.7 cm³/mol. The van der Waals surface area contributed by atoms with Crippen LogP contribution in [0.5, 0.6) is 0 Å². The molecule has 0 saturated carbocycles. The van der Waals surface area contributed by atoms with Gasteiger partial charge in [0.2, 0.25) is 0 Å². The maximum absolute atomic E-state index is 12.2. The standard InChI is InChI=1S/C14H18N4OS/c1-3-10-4-5-20-12(10)8-16-14(19)11-6-9(2)17-13(7-11)18-15/h4-7H,3,8,15H2,1-2H3,(H,16,19)(H,17,18). The molecule has 0 bridgehead atoms. The van der Waals surface area contributed by atoms with E-state index in [1.165, 1.54) is 10.4 Å². The van der Waals surface area contributed by atoms with Gasteiger partial charge in [0.1, 0.15) is 5.82 Å². The highest BCUT2D eigenvalue weighted by molar-refractivity contribution is 7.10. The predicted octanol–water partition coefficient (Wildman–Crippen LogP) is 2.23. The molecule has 0 aromatic carbocycles. The molecule has 2 rings (SSSR count). The van der Waals surface area contributed by atoms with E-state index in [2.05, 4.69) is 28.7 Å². The third-order valence-electron chi connectivity index (χ3n) is 2.99. The molecule has 20 heavy (non-hydrogen) atoms. The Bertz CT molecular complexity index is 609. The van der Waals surface area contributed by atoms with E-state index in [1.54, 1.807) is 23.5 Å². The van der Waals surface area contributed by atoms with Gasteiger partial charge in [-0.25, -0.2) is 10.8 Å². The van der Waals surface area contributed by atoms with Crippen LogP contribution in [0.25, 0.3) is 0 Å². The molecule has 0 atom stereocenters. The Hall–Kier alpha value is -1.92. The first-order valence-corrected chi connectivity index (χ1v) is 7.30. The molecule has 0 aliphatic rings. The second kappa shape index (κ2) is 6.49. The summed E-state index contributed by atoms with van der Waals surface area (Å²) in [7, 11) is 0. The van der Waals surface area contributed by atoms with Gasteiger partial charge < -0.3 is 10.7 Å². The van der Waals surface area contributed by atoms with E-state index >= 15 is 0 Å². The molecular weight excluding hydrogens is 272 g/mol. The van der Waals surface area contributed by atoms with Gasteiger partial charge in [0.05, 0.1) is 6.54 Å². The fourth-order valence-corrected chi connectivity index (χ4v) is 2.89. The molecule has 2 aromatic rings. The number of nitrogens with one attached hydrogen (secondary N) is 2. The Kier molecular flexibility index (Phi) is 4.70. The summed E-state index contributed by atoms with van der Waals surface area (Å²) in [4.78, 5) is 17.5. The van der Waals surface area contributed by atoms with Gasteiger partial charge in [-0.3, -0.25) is 4.79 Å². The summed E-state index contributed by atoms with van der Waals surface area (Å²) in [5.74, 6) is 5.70.